The van der Waals surface area contributed by atoms with Gasteiger partial charge in [-0.2, -0.15) is 0 Å². The van der Waals surface area contributed by atoms with Gasteiger partial charge in [-0.3, -0.25) is 4.79 Å². The van der Waals surface area contributed by atoms with Crippen molar-refractivity contribution < 1.29 is 9.53 Å². The van der Waals surface area contributed by atoms with Crippen LogP contribution in [-0.4, -0.2) is 13.1 Å². The van der Waals surface area contributed by atoms with E-state index in [9.17, 15) is 4.79 Å². The van der Waals surface area contributed by atoms with Gasteiger partial charge in [0, 0.05) is 6.42 Å². The summed E-state index contributed by atoms with van der Waals surface area (Å²) in [6.45, 7) is 8.78. The third-order valence-corrected chi connectivity index (χ3v) is 2.96. The maximum atomic E-state index is 11.2. The van der Waals surface area contributed by atoms with Crippen LogP contribution in [0.25, 0.3) is 0 Å². The lowest BCUT2D eigenvalue weighted by Gasteiger charge is -2.26. The fourth-order valence-corrected chi connectivity index (χ4v) is 2.04. The molecule has 2 unspecified atom stereocenters. The number of carbonyl (C=O) groups is 1. The van der Waals surface area contributed by atoms with Crippen molar-refractivity contribution in [1.29, 1.82) is 0 Å². The molecule has 0 N–H and O–H groups in total. The summed E-state index contributed by atoms with van der Waals surface area (Å²) in [4.78, 5) is 11.2. The number of carbonyl (C=O) groups excluding carboxylic acids is 1. The van der Waals surface area contributed by atoms with Crippen LogP contribution < -0.4 is 0 Å². The van der Waals surface area contributed by atoms with Gasteiger partial charge in [-0.1, -0.05) is 40.5 Å². The zero-order valence-electron chi connectivity index (χ0n) is 10.2. The Balaban J connectivity index is 4.21. The lowest BCUT2D eigenvalue weighted by atomic mass is 9.80. The van der Waals surface area contributed by atoms with Crippen LogP contribution in [0, 0.1) is 17.8 Å². The van der Waals surface area contributed by atoms with E-state index in [1.54, 1.807) is 0 Å². The molecule has 2 heteroatoms. The minimum absolute atomic E-state index is 0.0772. The number of hydrogen-bond acceptors (Lipinski definition) is 2. The quantitative estimate of drug-likeness (QED) is 0.615. The largest absolute Gasteiger partial charge is 0.469 e. The Morgan fingerprint density at radius 3 is 2.21 bits per heavy atom. The first-order valence-corrected chi connectivity index (χ1v) is 5.59. The highest BCUT2D eigenvalue weighted by atomic mass is 16.5. The first kappa shape index (κ1) is 13.5. The molecule has 0 aromatic rings. The van der Waals surface area contributed by atoms with E-state index in [2.05, 4.69) is 27.7 Å². The van der Waals surface area contributed by atoms with E-state index in [1.165, 1.54) is 20.0 Å². The first-order chi connectivity index (χ1) is 6.52. The van der Waals surface area contributed by atoms with Gasteiger partial charge in [-0.05, 0) is 17.8 Å². The van der Waals surface area contributed by atoms with Crippen LogP contribution in [0.3, 0.4) is 0 Å². The highest BCUT2D eigenvalue weighted by molar-refractivity contribution is 5.69. The van der Waals surface area contributed by atoms with Crippen molar-refractivity contribution >= 4 is 5.97 Å². The molecule has 0 aromatic carbocycles. The molecule has 0 aliphatic rings. The number of methoxy groups -OCH3 is 1. The number of ether oxygens (including phenoxy) is 1. The van der Waals surface area contributed by atoms with E-state index in [-0.39, 0.29) is 5.97 Å². The van der Waals surface area contributed by atoms with E-state index in [0.29, 0.717) is 24.2 Å². The van der Waals surface area contributed by atoms with E-state index < -0.39 is 0 Å². The Kier molecular flexibility index (Phi) is 6.60. The van der Waals surface area contributed by atoms with Crippen molar-refractivity contribution in [2.24, 2.45) is 17.8 Å². The first-order valence-electron chi connectivity index (χ1n) is 5.59. The smallest absolute Gasteiger partial charge is 0.305 e. The van der Waals surface area contributed by atoms with Gasteiger partial charge in [-0.25, -0.2) is 0 Å². The van der Waals surface area contributed by atoms with Gasteiger partial charge < -0.3 is 4.74 Å². The van der Waals surface area contributed by atoms with Crippen LogP contribution >= 0.6 is 0 Å². The summed E-state index contributed by atoms with van der Waals surface area (Å²) in [7, 11) is 1.46. The molecule has 0 saturated carbocycles. The maximum Gasteiger partial charge on any atom is 0.305 e. The lowest BCUT2D eigenvalue weighted by Crippen LogP contribution is -2.22. The minimum atomic E-state index is -0.0772. The molecule has 0 spiro atoms. The van der Waals surface area contributed by atoms with Gasteiger partial charge in [0.2, 0.25) is 0 Å². The molecule has 0 heterocycles. The Labute approximate surface area is 88.0 Å². The predicted octanol–water partition coefficient (Wildman–Crippen LogP) is 3.26. The van der Waals surface area contributed by atoms with Gasteiger partial charge in [-0.15, -0.1) is 0 Å². The summed E-state index contributed by atoms with van der Waals surface area (Å²) in [5.74, 6) is 1.55. The lowest BCUT2D eigenvalue weighted by molar-refractivity contribution is -0.142. The van der Waals surface area contributed by atoms with Crippen LogP contribution in [0.15, 0.2) is 0 Å². The topological polar surface area (TPSA) is 26.3 Å². The van der Waals surface area contributed by atoms with Crippen molar-refractivity contribution in [3.63, 3.8) is 0 Å². The summed E-state index contributed by atoms with van der Waals surface area (Å²) in [6.07, 6.45) is 2.95. The van der Waals surface area contributed by atoms with E-state index >= 15 is 0 Å². The average molecular weight is 200 g/mol. The summed E-state index contributed by atoms with van der Waals surface area (Å²) in [6, 6.07) is 0. The Hall–Kier alpha value is -0.530. The molecular formula is C12H24O2. The highest BCUT2D eigenvalue weighted by Gasteiger charge is 2.23. The summed E-state index contributed by atoms with van der Waals surface area (Å²) >= 11 is 0. The molecule has 0 fully saturated rings. The van der Waals surface area contributed by atoms with E-state index in [1.807, 2.05) is 0 Å². The van der Waals surface area contributed by atoms with Gasteiger partial charge in [0.25, 0.3) is 0 Å². The van der Waals surface area contributed by atoms with Crippen molar-refractivity contribution in [2.45, 2.75) is 47.0 Å². The second-order valence-electron chi connectivity index (χ2n) is 4.45. The van der Waals surface area contributed by atoms with Crippen LogP contribution in [0.5, 0.6) is 0 Å². The van der Waals surface area contributed by atoms with Gasteiger partial charge in [0.05, 0.1) is 7.11 Å². The predicted molar refractivity (Wildman–Crippen MR) is 59.0 cm³/mol. The molecule has 84 valence electrons. The standard InChI is InChI=1S/C12H24O2/c1-6-7-10(4)11(9(2)3)8-12(13)14-5/h9-11H,6-8H2,1-5H3. The van der Waals surface area contributed by atoms with E-state index in [4.69, 9.17) is 4.74 Å². The SMILES string of the molecule is CCCC(C)C(CC(=O)OC)C(C)C. The molecule has 0 rings (SSSR count). The molecule has 2 nitrogen and oxygen atoms in total. The molecule has 2 atom stereocenters. The summed E-state index contributed by atoms with van der Waals surface area (Å²) in [5, 5.41) is 0. The number of esters is 1. The second-order valence-corrected chi connectivity index (χ2v) is 4.45. The zero-order valence-corrected chi connectivity index (χ0v) is 10.2. The Morgan fingerprint density at radius 1 is 1.29 bits per heavy atom. The third-order valence-electron chi connectivity index (χ3n) is 2.96. The van der Waals surface area contributed by atoms with Crippen molar-refractivity contribution in [1.82, 2.24) is 0 Å². The third kappa shape index (κ3) is 4.64. The van der Waals surface area contributed by atoms with Gasteiger partial charge in [0.1, 0.15) is 0 Å². The van der Waals surface area contributed by atoms with E-state index in [0.717, 1.165) is 0 Å². The normalized spacial score (nSPS) is 15.3. The van der Waals surface area contributed by atoms with Crippen LogP contribution in [0.2, 0.25) is 0 Å². The molecule has 0 aromatic heterocycles. The zero-order chi connectivity index (χ0) is 11.1. The molecule has 0 saturated heterocycles. The molecule has 0 aliphatic heterocycles. The summed E-state index contributed by atoms with van der Waals surface area (Å²) in [5.41, 5.74) is 0. The molecular weight excluding hydrogens is 176 g/mol. The van der Waals surface area contributed by atoms with Crippen LogP contribution in [0.4, 0.5) is 0 Å². The second kappa shape index (κ2) is 6.86. The van der Waals surface area contributed by atoms with Crippen LogP contribution in [-0.2, 0) is 9.53 Å². The molecule has 0 aliphatic carbocycles. The summed E-state index contributed by atoms with van der Waals surface area (Å²) < 4.78 is 4.72. The van der Waals surface area contributed by atoms with Gasteiger partial charge >= 0.3 is 5.97 Å². The van der Waals surface area contributed by atoms with Crippen LogP contribution in [0.1, 0.15) is 47.0 Å². The highest BCUT2D eigenvalue weighted by Crippen LogP contribution is 2.27. The monoisotopic (exact) mass is 200 g/mol. The minimum Gasteiger partial charge on any atom is -0.469 e. The van der Waals surface area contributed by atoms with Crippen molar-refractivity contribution in [3.05, 3.63) is 0 Å². The molecule has 0 bridgehead atoms. The fourth-order valence-electron chi connectivity index (χ4n) is 2.04. The van der Waals surface area contributed by atoms with Gasteiger partial charge in [0.15, 0.2) is 0 Å². The molecule has 0 radical (unpaired) electrons. The average Bonchev–Trinajstić information content (AvgIpc) is 2.13. The Bertz CT molecular complexity index is 164. The van der Waals surface area contributed by atoms with Crippen molar-refractivity contribution in [2.75, 3.05) is 7.11 Å². The fraction of sp³-hybridized carbons (Fsp3) is 0.917. The number of rotatable bonds is 6. The molecule has 14 heavy (non-hydrogen) atoms. The Morgan fingerprint density at radius 2 is 1.86 bits per heavy atom. The molecule has 0 amide bonds. The van der Waals surface area contributed by atoms with Crippen molar-refractivity contribution in [3.8, 4) is 0 Å². The number of hydrogen-bond donors (Lipinski definition) is 0. The maximum absolute atomic E-state index is 11.2.